The Labute approximate surface area is 306 Å². The number of hydrogen-bond acceptors (Lipinski definition) is 13. The number of amides is 2. The van der Waals surface area contributed by atoms with Crippen LogP contribution in [0.2, 0.25) is 5.02 Å². The number of benzene rings is 1. The molecule has 0 aromatic heterocycles. The van der Waals surface area contributed by atoms with Gasteiger partial charge in [-0.25, -0.2) is 9.36 Å². The first-order valence-corrected chi connectivity index (χ1v) is 19.2. The predicted octanol–water partition coefficient (Wildman–Crippen LogP) is 7.11. The molecule has 2 amide bonds. The highest BCUT2D eigenvalue weighted by atomic mass is 35.5. The number of azide groups is 1. The number of carbonyl (C=O) groups is 4. The largest absolute Gasteiger partial charge is 0.475 e. The molecule has 3 aliphatic rings. The SMILES string of the molecule is CCCCC(=O)OC1C=CN([C@@H]2O[C@@](COP3(=O)OCC[C@@H](c4cccc(Cl)c4)O3)(N=[N+]=[N-])[C@@H](OC(=O)CCCC)[C@H]2OC(=O)CCCC)C(=O)N1. The van der Waals surface area contributed by atoms with Crippen LogP contribution < -0.4 is 5.32 Å². The highest BCUT2D eigenvalue weighted by molar-refractivity contribution is 7.48. The Balaban J connectivity index is 1.68. The van der Waals surface area contributed by atoms with E-state index >= 15 is 0 Å². The van der Waals surface area contributed by atoms with E-state index < -0.39 is 74.9 Å². The number of rotatable bonds is 18. The van der Waals surface area contributed by atoms with E-state index in [1.807, 2.05) is 20.8 Å². The molecule has 2 fully saturated rings. The first-order valence-electron chi connectivity index (χ1n) is 17.4. The van der Waals surface area contributed by atoms with Gasteiger partial charge in [-0.3, -0.25) is 38.2 Å². The number of nitrogens with one attached hydrogen (secondary N) is 1. The third-order valence-electron chi connectivity index (χ3n) is 8.28. The van der Waals surface area contributed by atoms with Gasteiger partial charge in [0.1, 0.15) is 0 Å². The van der Waals surface area contributed by atoms with Crippen molar-refractivity contribution in [2.45, 2.75) is 121 Å². The van der Waals surface area contributed by atoms with Crippen LogP contribution in [0.5, 0.6) is 0 Å². The fourth-order valence-electron chi connectivity index (χ4n) is 5.56. The molecule has 17 nitrogen and oxygen atoms in total. The standard InChI is InChI=1S/C33H45ClN5O12P/c1-4-7-13-26(40)47-25-16-18-39(32(43)36-25)31-29(48-27(41)14-8-5-2)30(49-28(42)15-9-6-3)33(50-31,37-38-35)21-46-52(44)45-19-17-24(51-52)22-11-10-12-23(34)20-22/h10-12,16,18,20,24-25,29-31H,4-9,13-15,17,19,21H2,1-3H3,(H,36,43)/t24-,25?,29+,30-,31+,33+,52?/m0/s1. The molecule has 0 radical (unpaired) electrons. The fraction of sp³-hybridized carbons (Fsp3) is 0.636. The van der Waals surface area contributed by atoms with Crippen molar-refractivity contribution in [1.29, 1.82) is 0 Å². The van der Waals surface area contributed by atoms with Gasteiger partial charge in [-0.05, 0) is 48.6 Å². The molecule has 2 unspecified atom stereocenters. The van der Waals surface area contributed by atoms with E-state index in [1.165, 1.54) is 12.3 Å². The van der Waals surface area contributed by atoms with Crippen LogP contribution in [0.4, 0.5) is 4.79 Å². The van der Waals surface area contributed by atoms with Gasteiger partial charge in [0.15, 0.2) is 24.7 Å². The van der Waals surface area contributed by atoms with Crippen molar-refractivity contribution in [3.05, 3.63) is 57.6 Å². The van der Waals surface area contributed by atoms with Gasteiger partial charge in [-0.2, -0.15) is 0 Å². The summed E-state index contributed by atoms with van der Waals surface area (Å²) >= 11 is 6.15. The third-order valence-corrected chi connectivity index (χ3v) is 9.97. The van der Waals surface area contributed by atoms with Crippen molar-refractivity contribution >= 4 is 43.4 Å². The molecule has 3 aliphatic heterocycles. The summed E-state index contributed by atoms with van der Waals surface area (Å²) in [5, 5.41) is 6.76. The Morgan fingerprint density at radius 3 is 2.33 bits per heavy atom. The molecule has 0 aliphatic carbocycles. The van der Waals surface area contributed by atoms with Crippen LogP contribution >= 0.6 is 19.4 Å². The number of hydrogen-bond donors (Lipinski definition) is 1. The molecule has 4 rings (SSSR count). The zero-order chi connectivity index (χ0) is 37.7. The van der Waals surface area contributed by atoms with Gasteiger partial charge >= 0.3 is 31.8 Å². The number of ether oxygens (including phenoxy) is 4. The number of esters is 3. The maximum absolute atomic E-state index is 13.9. The number of phosphoric ester groups is 1. The van der Waals surface area contributed by atoms with Gasteiger partial charge in [0.25, 0.3) is 0 Å². The Kier molecular flexibility index (Phi) is 15.3. The Morgan fingerprint density at radius 1 is 1.06 bits per heavy atom. The van der Waals surface area contributed by atoms with Gasteiger partial charge in [-0.15, -0.1) is 0 Å². The van der Waals surface area contributed by atoms with Gasteiger partial charge in [0, 0.05) is 41.8 Å². The predicted molar refractivity (Wildman–Crippen MR) is 184 cm³/mol. The summed E-state index contributed by atoms with van der Waals surface area (Å²) in [4.78, 5) is 55.9. The molecule has 1 aromatic rings. The molecule has 1 N–H and O–H groups in total. The minimum atomic E-state index is -4.41. The van der Waals surface area contributed by atoms with E-state index in [1.54, 1.807) is 24.3 Å². The summed E-state index contributed by atoms with van der Waals surface area (Å²) in [6.07, 6.45) is -0.199. The second-order valence-corrected chi connectivity index (χ2v) is 14.4. The zero-order valence-corrected chi connectivity index (χ0v) is 31.0. The molecule has 0 bridgehead atoms. The minimum Gasteiger partial charge on any atom is -0.455 e. The average molecular weight is 770 g/mol. The quantitative estimate of drug-likeness (QED) is 0.0395. The van der Waals surface area contributed by atoms with Crippen molar-refractivity contribution in [3.63, 3.8) is 0 Å². The van der Waals surface area contributed by atoms with E-state index in [2.05, 4.69) is 15.3 Å². The van der Waals surface area contributed by atoms with Crippen LogP contribution in [0.1, 0.15) is 96.6 Å². The third kappa shape index (κ3) is 10.9. The maximum Gasteiger partial charge on any atom is 0.475 e. The van der Waals surface area contributed by atoms with E-state index in [0.29, 0.717) is 49.1 Å². The molecule has 0 spiro atoms. The van der Waals surface area contributed by atoms with E-state index in [4.69, 9.17) is 44.1 Å². The van der Waals surface area contributed by atoms with Crippen molar-refractivity contribution in [3.8, 4) is 0 Å². The van der Waals surface area contributed by atoms with Crippen molar-refractivity contribution in [2.24, 2.45) is 5.11 Å². The second kappa shape index (κ2) is 19.4. The van der Waals surface area contributed by atoms with Crippen LogP contribution in [-0.2, 0) is 51.5 Å². The molecule has 1 aromatic carbocycles. The number of phosphoric acid groups is 1. The van der Waals surface area contributed by atoms with Gasteiger partial charge in [0.05, 0.1) is 19.3 Å². The summed E-state index contributed by atoms with van der Waals surface area (Å²) < 4.78 is 54.0. The molecule has 2 saturated heterocycles. The zero-order valence-electron chi connectivity index (χ0n) is 29.3. The monoisotopic (exact) mass is 769 g/mol. The Hall–Kier alpha value is -3.69. The van der Waals surface area contributed by atoms with Crippen LogP contribution in [-0.4, -0.2) is 72.4 Å². The van der Waals surface area contributed by atoms with Crippen molar-refractivity contribution in [2.75, 3.05) is 13.2 Å². The summed E-state index contributed by atoms with van der Waals surface area (Å²) in [5.41, 5.74) is 8.03. The highest BCUT2D eigenvalue weighted by Crippen LogP contribution is 2.58. The van der Waals surface area contributed by atoms with Gasteiger partial charge in [-0.1, -0.05) is 68.9 Å². The first-order chi connectivity index (χ1) is 25.0. The first kappa shape index (κ1) is 41.1. The molecular weight excluding hydrogens is 725 g/mol. The molecule has 7 atom stereocenters. The number of urea groups is 1. The number of carbonyl (C=O) groups excluding carboxylic acids is 4. The average Bonchev–Trinajstić information content (AvgIpc) is 3.39. The summed E-state index contributed by atoms with van der Waals surface area (Å²) in [7, 11) is -4.41. The maximum atomic E-state index is 13.9. The molecule has 52 heavy (non-hydrogen) atoms. The summed E-state index contributed by atoms with van der Waals surface area (Å²) in [6.45, 7) is 4.73. The molecular formula is C33H45ClN5O12P. The van der Waals surface area contributed by atoms with Crippen LogP contribution in [0.3, 0.4) is 0 Å². The Morgan fingerprint density at radius 2 is 1.71 bits per heavy atom. The van der Waals surface area contributed by atoms with Gasteiger partial charge in [0.2, 0.25) is 5.72 Å². The fourth-order valence-corrected chi connectivity index (χ4v) is 7.16. The molecule has 0 saturated carbocycles. The van der Waals surface area contributed by atoms with Crippen LogP contribution in [0, 0.1) is 0 Å². The molecule has 19 heteroatoms. The lowest BCUT2D eigenvalue weighted by Crippen LogP contribution is -2.55. The van der Waals surface area contributed by atoms with Crippen molar-refractivity contribution < 1.29 is 56.3 Å². The van der Waals surface area contributed by atoms with E-state index in [-0.39, 0.29) is 25.9 Å². The number of unbranched alkanes of at least 4 members (excludes halogenated alkanes) is 3. The van der Waals surface area contributed by atoms with E-state index in [9.17, 15) is 29.3 Å². The van der Waals surface area contributed by atoms with Crippen LogP contribution in [0.15, 0.2) is 41.7 Å². The Bertz CT molecular complexity index is 1560. The second-order valence-electron chi connectivity index (χ2n) is 12.3. The lowest BCUT2D eigenvalue weighted by Gasteiger charge is -2.34. The number of halogens is 1. The lowest BCUT2D eigenvalue weighted by molar-refractivity contribution is -0.173. The smallest absolute Gasteiger partial charge is 0.455 e. The summed E-state index contributed by atoms with van der Waals surface area (Å²) in [5.74, 6) is -1.99. The normalized spacial score (nSPS) is 28.4. The van der Waals surface area contributed by atoms with Gasteiger partial charge < -0.3 is 18.9 Å². The number of nitrogens with zero attached hydrogens (tertiary/aromatic N) is 4. The minimum absolute atomic E-state index is 0.0270. The highest BCUT2D eigenvalue weighted by Gasteiger charge is 2.63. The van der Waals surface area contributed by atoms with Crippen LogP contribution in [0.25, 0.3) is 10.4 Å². The van der Waals surface area contributed by atoms with E-state index in [0.717, 1.165) is 11.3 Å². The lowest BCUT2D eigenvalue weighted by atomic mass is 10.0. The topological polar surface area (TPSA) is 214 Å². The molecule has 286 valence electrons. The molecule has 3 heterocycles. The van der Waals surface area contributed by atoms with Crippen molar-refractivity contribution in [1.82, 2.24) is 10.2 Å². The summed E-state index contributed by atoms with van der Waals surface area (Å²) in [6, 6.07) is 5.90.